The van der Waals surface area contributed by atoms with Gasteiger partial charge in [-0.1, -0.05) is 23.9 Å². The average Bonchev–Trinajstić information content (AvgIpc) is 2.06. The van der Waals surface area contributed by atoms with Crippen LogP contribution in [0.5, 0.6) is 0 Å². The summed E-state index contributed by atoms with van der Waals surface area (Å²) in [7, 11) is 0. The highest BCUT2D eigenvalue weighted by molar-refractivity contribution is 5.81. The summed E-state index contributed by atoms with van der Waals surface area (Å²) >= 11 is 0. The molecular weight excluding hydrogens is 150 g/mol. The van der Waals surface area contributed by atoms with Gasteiger partial charge in [-0.25, -0.2) is 0 Å². The van der Waals surface area contributed by atoms with E-state index in [0.29, 0.717) is 6.61 Å². The summed E-state index contributed by atoms with van der Waals surface area (Å²) in [6.45, 7) is 9.62. The Bertz CT molecular complexity index is 161. The Labute approximate surface area is 74.6 Å². The molecular formula is C10H17NO. The molecule has 0 saturated heterocycles. The Balaban J connectivity index is 3.41. The summed E-state index contributed by atoms with van der Waals surface area (Å²) in [5.74, 6) is 0. The van der Waals surface area contributed by atoms with Crippen molar-refractivity contribution in [1.82, 2.24) is 0 Å². The zero-order valence-electron chi connectivity index (χ0n) is 7.75. The molecule has 0 aliphatic heterocycles. The van der Waals surface area contributed by atoms with Crippen molar-refractivity contribution in [3.8, 4) is 0 Å². The SMILES string of the molecule is C=CCCC/C(C)=N/OCC=C. The maximum absolute atomic E-state index is 4.92. The third-order valence-electron chi connectivity index (χ3n) is 1.36. The van der Waals surface area contributed by atoms with E-state index in [4.69, 9.17) is 4.84 Å². The Morgan fingerprint density at radius 2 is 2.17 bits per heavy atom. The van der Waals surface area contributed by atoms with Crippen LogP contribution < -0.4 is 0 Å². The number of allylic oxidation sites excluding steroid dienone is 1. The fraction of sp³-hybridized carbons (Fsp3) is 0.500. The Morgan fingerprint density at radius 1 is 1.42 bits per heavy atom. The molecule has 0 N–H and O–H groups in total. The summed E-state index contributed by atoms with van der Waals surface area (Å²) in [5, 5.41) is 3.90. The summed E-state index contributed by atoms with van der Waals surface area (Å²) in [5.41, 5.74) is 1.03. The van der Waals surface area contributed by atoms with Gasteiger partial charge in [0.2, 0.25) is 0 Å². The van der Waals surface area contributed by atoms with Crippen LogP contribution in [0.1, 0.15) is 26.2 Å². The largest absolute Gasteiger partial charge is 0.392 e. The van der Waals surface area contributed by atoms with Crippen molar-refractivity contribution < 1.29 is 4.84 Å². The average molecular weight is 167 g/mol. The quantitative estimate of drug-likeness (QED) is 0.247. The standard InChI is InChI=1S/C10H17NO/c1-4-6-7-8-10(3)11-12-9-5-2/h4-5H,1-2,6-9H2,3H3/b11-10+. The lowest BCUT2D eigenvalue weighted by molar-refractivity contribution is 0.174. The van der Waals surface area contributed by atoms with Crippen molar-refractivity contribution in [2.75, 3.05) is 6.61 Å². The Morgan fingerprint density at radius 3 is 2.75 bits per heavy atom. The molecule has 68 valence electrons. The van der Waals surface area contributed by atoms with Crippen molar-refractivity contribution in [2.45, 2.75) is 26.2 Å². The van der Waals surface area contributed by atoms with E-state index < -0.39 is 0 Å². The first-order chi connectivity index (χ1) is 5.81. The van der Waals surface area contributed by atoms with E-state index in [9.17, 15) is 0 Å². The van der Waals surface area contributed by atoms with Crippen molar-refractivity contribution >= 4 is 5.71 Å². The van der Waals surface area contributed by atoms with Gasteiger partial charge in [0.1, 0.15) is 6.61 Å². The maximum Gasteiger partial charge on any atom is 0.135 e. The second-order valence-corrected chi connectivity index (χ2v) is 2.59. The molecule has 0 atom stereocenters. The Kier molecular flexibility index (Phi) is 7.35. The highest BCUT2D eigenvalue weighted by atomic mass is 16.6. The number of hydrogen-bond donors (Lipinski definition) is 0. The van der Waals surface area contributed by atoms with E-state index >= 15 is 0 Å². The molecule has 0 aromatic carbocycles. The van der Waals surface area contributed by atoms with E-state index in [1.54, 1.807) is 6.08 Å². The molecule has 0 saturated carbocycles. The molecule has 0 bridgehead atoms. The molecule has 2 heteroatoms. The predicted octanol–water partition coefficient (Wildman–Crippen LogP) is 2.92. The third kappa shape index (κ3) is 7.06. The minimum absolute atomic E-state index is 0.485. The number of unbranched alkanes of at least 4 members (excludes halogenated alkanes) is 1. The molecule has 0 aromatic rings. The maximum atomic E-state index is 4.92. The zero-order chi connectivity index (χ0) is 9.23. The van der Waals surface area contributed by atoms with Gasteiger partial charge in [0.05, 0.1) is 5.71 Å². The van der Waals surface area contributed by atoms with E-state index in [0.717, 1.165) is 25.0 Å². The summed E-state index contributed by atoms with van der Waals surface area (Å²) in [6, 6.07) is 0. The number of nitrogens with zero attached hydrogens (tertiary/aromatic N) is 1. The highest BCUT2D eigenvalue weighted by Crippen LogP contribution is 1.98. The van der Waals surface area contributed by atoms with Crippen LogP contribution in [0.2, 0.25) is 0 Å². The van der Waals surface area contributed by atoms with Crippen LogP contribution in [0.4, 0.5) is 0 Å². The van der Waals surface area contributed by atoms with Gasteiger partial charge in [-0.2, -0.15) is 0 Å². The van der Waals surface area contributed by atoms with Crippen LogP contribution in [0, 0.1) is 0 Å². The molecule has 0 spiro atoms. The van der Waals surface area contributed by atoms with Gasteiger partial charge in [-0.15, -0.1) is 6.58 Å². The van der Waals surface area contributed by atoms with Crippen molar-refractivity contribution in [3.05, 3.63) is 25.3 Å². The monoisotopic (exact) mass is 167 g/mol. The van der Waals surface area contributed by atoms with E-state index in [1.807, 2.05) is 13.0 Å². The smallest absolute Gasteiger partial charge is 0.135 e. The molecule has 0 heterocycles. The molecule has 2 nitrogen and oxygen atoms in total. The normalized spacial score (nSPS) is 10.9. The molecule has 0 amide bonds. The number of hydrogen-bond acceptors (Lipinski definition) is 2. The molecule has 0 radical (unpaired) electrons. The summed E-state index contributed by atoms with van der Waals surface area (Å²) < 4.78 is 0. The zero-order valence-corrected chi connectivity index (χ0v) is 7.75. The predicted molar refractivity (Wildman–Crippen MR) is 53.3 cm³/mol. The number of rotatable bonds is 7. The second kappa shape index (κ2) is 8.05. The molecule has 0 aromatic heterocycles. The van der Waals surface area contributed by atoms with Crippen LogP contribution in [0.25, 0.3) is 0 Å². The minimum atomic E-state index is 0.485. The lowest BCUT2D eigenvalue weighted by atomic mass is 10.2. The molecule has 12 heavy (non-hydrogen) atoms. The fourth-order valence-corrected chi connectivity index (χ4v) is 0.748. The van der Waals surface area contributed by atoms with Gasteiger partial charge in [0.25, 0.3) is 0 Å². The van der Waals surface area contributed by atoms with Gasteiger partial charge in [-0.05, 0) is 26.2 Å². The first-order valence-corrected chi connectivity index (χ1v) is 4.18. The van der Waals surface area contributed by atoms with E-state index in [-0.39, 0.29) is 0 Å². The van der Waals surface area contributed by atoms with Crippen LogP contribution in [0.3, 0.4) is 0 Å². The highest BCUT2D eigenvalue weighted by Gasteiger charge is 1.90. The minimum Gasteiger partial charge on any atom is -0.392 e. The van der Waals surface area contributed by atoms with Crippen molar-refractivity contribution in [3.63, 3.8) is 0 Å². The van der Waals surface area contributed by atoms with Gasteiger partial charge in [0.15, 0.2) is 0 Å². The van der Waals surface area contributed by atoms with Crippen LogP contribution in [-0.4, -0.2) is 12.3 Å². The first kappa shape index (κ1) is 11.0. The first-order valence-electron chi connectivity index (χ1n) is 4.18. The molecule has 0 fully saturated rings. The van der Waals surface area contributed by atoms with Crippen LogP contribution >= 0.6 is 0 Å². The van der Waals surface area contributed by atoms with Crippen LogP contribution in [0.15, 0.2) is 30.5 Å². The van der Waals surface area contributed by atoms with E-state index in [2.05, 4.69) is 18.3 Å². The molecule has 0 rings (SSSR count). The van der Waals surface area contributed by atoms with Crippen molar-refractivity contribution in [2.24, 2.45) is 5.16 Å². The molecule has 0 aliphatic rings. The van der Waals surface area contributed by atoms with Gasteiger partial charge in [0, 0.05) is 0 Å². The molecule has 0 unspecified atom stereocenters. The number of oxime groups is 1. The Hall–Kier alpha value is -1.05. The van der Waals surface area contributed by atoms with Crippen LogP contribution in [-0.2, 0) is 4.84 Å². The topological polar surface area (TPSA) is 21.6 Å². The lowest BCUT2D eigenvalue weighted by Gasteiger charge is -1.98. The van der Waals surface area contributed by atoms with Gasteiger partial charge in [-0.3, -0.25) is 0 Å². The second-order valence-electron chi connectivity index (χ2n) is 2.59. The molecule has 0 aliphatic carbocycles. The van der Waals surface area contributed by atoms with Gasteiger partial charge < -0.3 is 4.84 Å². The lowest BCUT2D eigenvalue weighted by Crippen LogP contribution is -1.93. The van der Waals surface area contributed by atoms with E-state index in [1.165, 1.54) is 0 Å². The van der Waals surface area contributed by atoms with Gasteiger partial charge >= 0.3 is 0 Å². The third-order valence-corrected chi connectivity index (χ3v) is 1.36. The van der Waals surface area contributed by atoms with Crippen molar-refractivity contribution in [1.29, 1.82) is 0 Å². The fourth-order valence-electron chi connectivity index (χ4n) is 0.748. The summed E-state index contributed by atoms with van der Waals surface area (Å²) in [6.07, 6.45) is 6.70. The summed E-state index contributed by atoms with van der Waals surface area (Å²) in [4.78, 5) is 4.92.